The molecule has 1 N–H and O–H groups in total. The largest absolute Gasteiger partial charge is 0.311 e. The van der Waals surface area contributed by atoms with Gasteiger partial charge in [-0.2, -0.15) is 0 Å². The van der Waals surface area contributed by atoms with Gasteiger partial charge in [-0.3, -0.25) is 0 Å². The summed E-state index contributed by atoms with van der Waals surface area (Å²) >= 11 is 0. The van der Waals surface area contributed by atoms with Crippen molar-refractivity contribution in [1.29, 1.82) is 0 Å². The van der Waals surface area contributed by atoms with Gasteiger partial charge in [0, 0.05) is 31.7 Å². The molecular formula is C15H33N3. The van der Waals surface area contributed by atoms with Crippen LogP contribution in [0.4, 0.5) is 0 Å². The second-order valence-corrected chi connectivity index (χ2v) is 7.70. The van der Waals surface area contributed by atoms with E-state index >= 15 is 0 Å². The third-order valence-electron chi connectivity index (χ3n) is 3.56. The Morgan fingerprint density at radius 2 is 1.61 bits per heavy atom. The zero-order valence-corrected chi connectivity index (χ0v) is 13.3. The number of hydrogen-bond acceptors (Lipinski definition) is 3. The molecule has 0 radical (unpaired) electrons. The minimum absolute atomic E-state index is 0.219. The van der Waals surface area contributed by atoms with Gasteiger partial charge in [0.2, 0.25) is 0 Å². The van der Waals surface area contributed by atoms with E-state index in [4.69, 9.17) is 0 Å². The van der Waals surface area contributed by atoms with E-state index in [0.29, 0.717) is 5.41 Å². The van der Waals surface area contributed by atoms with E-state index in [0.717, 1.165) is 6.54 Å². The summed E-state index contributed by atoms with van der Waals surface area (Å²) < 4.78 is 0. The van der Waals surface area contributed by atoms with Crippen molar-refractivity contribution >= 4 is 0 Å². The smallest absolute Gasteiger partial charge is 0.0109 e. The van der Waals surface area contributed by atoms with Gasteiger partial charge in [0.1, 0.15) is 0 Å². The summed E-state index contributed by atoms with van der Waals surface area (Å²) in [6.07, 6.45) is 1.30. The molecule has 18 heavy (non-hydrogen) atoms. The average Bonchev–Trinajstić information content (AvgIpc) is 2.40. The molecule has 1 fully saturated rings. The van der Waals surface area contributed by atoms with Gasteiger partial charge < -0.3 is 15.1 Å². The molecule has 0 atom stereocenters. The van der Waals surface area contributed by atoms with E-state index in [1.165, 1.54) is 39.1 Å². The number of nitrogens with one attached hydrogen (secondary N) is 1. The van der Waals surface area contributed by atoms with Crippen molar-refractivity contribution in [2.45, 2.75) is 46.6 Å². The summed E-state index contributed by atoms with van der Waals surface area (Å²) in [6, 6.07) is 0. The summed E-state index contributed by atoms with van der Waals surface area (Å²) in [4.78, 5) is 5.08. The molecule has 0 unspecified atom stereocenters. The first-order chi connectivity index (χ1) is 8.18. The van der Waals surface area contributed by atoms with Crippen LogP contribution >= 0.6 is 0 Å². The molecule has 1 rings (SSSR count). The number of hydrogen-bond donors (Lipinski definition) is 1. The van der Waals surface area contributed by atoms with Crippen molar-refractivity contribution in [2.75, 3.05) is 46.3 Å². The van der Waals surface area contributed by atoms with Crippen LogP contribution in [0.1, 0.15) is 41.0 Å². The zero-order chi connectivity index (χ0) is 13.8. The summed E-state index contributed by atoms with van der Waals surface area (Å²) in [5, 5.41) is 3.64. The van der Waals surface area contributed by atoms with Crippen LogP contribution in [0.15, 0.2) is 0 Å². The molecule has 1 aliphatic rings. The molecule has 0 aromatic rings. The van der Waals surface area contributed by atoms with Gasteiger partial charge in [0.15, 0.2) is 0 Å². The Labute approximate surface area is 114 Å². The minimum atomic E-state index is 0.219. The Bertz CT molecular complexity index is 243. The van der Waals surface area contributed by atoms with Gasteiger partial charge >= 0.3 is 0 Å². The second kappa shape index (κ2) is 6.36. The first-order valence-corrected chi connectivity index (χ1v) is 7.34. The third kappa shape index (κ3) is 6.72. The van der Waals surface area contributed by atoms with Gasteiger partial charge in [-0.1, -0.05) is 13.8 Å². The van der Waals surface area contributed by atoms with E-state index < -0.39 is 0 Å². The number of rotatable bonds is 4. The summed E-state index contributed by atoms with van der Waals surface area (Å²) in [6.45, 7) is 18.7. The maximum absolute atomic E-state index is 3.64. The standard InChI is InChI=1S/C15H33N3/c1-14(2,3)16-12-15(4,5)13-18-9-7-8-17(6)10-11-18/h16H,7-13H2,1-6H3. The Morgan fingerprint density at radius 1 is 0.944 bits per heavy atom. The van der Waals surface area contributed by atoms with Crippen LogP contribution < -0.4 is 5.32 Å². The molecule has 0 aliphatic carbocycles. The molecule has 0 bridgehead atoms. The minimum Gasteiger partial charge on any atom is -0.311 e. The summed E-state index contributed by atoms with van der Waals surface area (Å²) in [7, 11) is 2.23. The lowest BCUT2D eigenvalue weighted by Crippen LogP contribution is -2.46. The van der Waals surface area contributed by atoms with Crippen LogP contribution in [0.3, 0.4) is 0 Å². The normalized spacial score (nSPS) is 21.0. The second-order valence-electron chi connectivity index (χ2n) is 7.70. The molecule has 3 nitrogen and oxygen atoms in total. The van der Waals surface area contributed by atoms with E-state index in [9.17, 15) is 0 Å². The molecule has 0 saturated carbocycles. The van der Waals surface area contributed by atoms with Crippen LogP contribution in [0, 0.1) is 5.41 Å². The first kappa shape index (κ1) is 15.9. The fourth-order valence-electron chi connectivity index (χ4n) is 2.42. The molecule has 3 heteroatoms. The predicted molar refractivity (Wildman–Crippen MR) is 80.1 cm³/mol. The fraction of sp³-hybridized carbons (Fsp3) is 1.00. The van der Waals surface area contributed by atoms with Crippen LogP contribution in [-0.4, -0.2) is 61.7 Å². The molecule has 1 aliphatic heterocycles. The van der Waals surface area contributed by atoms with E-state index in [1.807, 2.05) is 0 Å². The molecule has 1 heterocycles. The van der Waals surface area contributed by atoms with Gasteiger partial charge in [-0.15, -0.1) is 0 Å². The highest BCUT2D eigenvalue weighted by molar-refractivity contribution is 4.82. The lowest BCUT2D eigenvalue weighted by atomic mass is 9.91. The maximum Gasteiger partial charge on any atom is 0.0109 e. The third-order valence-corrected chi connectivity index (χ3v) is 3.56. The molecule has 0 aromatic heterocycles. The van der Waals surface area contributed by atoms with E-state index in [2.05, 4.69) is 56.8 Å². The monoisotopic (exact) mass is 255 g/mol. The molecule has 0 spiro atoms. The summed E-state index contributed by atoms with van der Waals surface area (Å²) in [5.41, 5.74) is 0.562. The van der Waals surface area contributed by atoms with Crippen molar-refractivity contribution in [3.05, 3.63) is 0 Å². The highest BCUT2D eigenvalue weighted by atomic mass is 15.2. The van der Waals surface area contributed by atoms with E-state index in [1.54, 1.807) is 0 Å². The molecule has 108 valence electrons. The average molecular weight is 255 g/mol. The zero-order valence-electron chi connectivity index (χ0n) is 13.3. The van der Waals surface area contributed by atoms with Crippen molar-refractivity contribution in [3.8, 4) is 0 Å². The lowest BCUT2D eigenvalue weighted by molar-refractivity contribution is 0.169. The van der Waals surface area contributed by atoms with Crippen LogP contribution in [0.5, 0.6) is 0 Å². The number of likely N-dealkylation sites (N-methyl/N-ethyl adjacent to an activating group) is 1. The van der Waals surface area contributed by atoms with Gasteiger partial charge in [0.05, 0.1) is 0 Å². The Hall–Kier alpha value is -0.120. The Kier molecular flexibility index (Phi) is 5.63. The fourth-order valence-corrected chi connectivity index (χ4v) is 2.42. The number of nitrogens with zero attached hydrogens (tertiary/aromatic N) is 2. The van der Waals surface area contributed by atoms with Crippen molar-refractivity contribution in [3.63, 3.8) is 0 Å². The van der Waals surface area contributed by atoms with Crippen molar-refractivity contribution in [1.82, 2.24) is 15.1 Å². The highest BCUT2D eigenvalue weighted by Crippen LogP contribution is 2.18. The van der Waals surface area contributed by atoms with Crippen molar-refractivity contribution in [2.24, 2.45) is 5.41 Å². The SMILES string of the molecule is CN1CCCN(CC(C)(C)CNC(C)(C)C)CC1. The lowest BCUT2D eigenvalue weighted by Gasteiger charge is -2.35. The first-order valence-electron chi connectivity index (χ1n) is 7.34. The maximum atomic E-state index is 3.64. The summed E-state index contributed by atoms with van der Waals surface area (Å²) in [5.74, 6) is 0. The molecule has 0 aromatic carbocycles. The van der Waals surface area contributed by atoms with E-state index in [-0.39, 0.29) is 5.54 Å². The van der Waals surface area contributed by atoms with Crippen molar-refractivity contribution < 1.29 is 0 Å². The quantitative estimate of drug-likeness (QED) is 0.829. The Morgan fingerprint density at radius 3 is 2.22 bits per heavy atom. The molecule has 0 amide bonds. The highest BCUT2D eigenvalue weighted by Gasteiger charge is 2.24. The topological polar surface area (TPSA) is 18.5 Å². The van der Waals surface area contributed by atoms with Gasteiger partial charge in [-0.25, -0.2) is 0 Å². The van der Waals surface area contributed by atoms with Gasteiger partial charge in [0.25, 0.3) is 0 Å². The van der Waals surface area contributed by atoms with Crippen LogP contribution in [0.2, 0.25) is 0 Å². The predicted octanol–water partition coefficient (Wildman–Crippen LogP) is 2.04. The van der Waals surface area contributed by atoms with Crippen LogP contribution in [-0.2, 0) is 0 Å². The van der Waals surface area contributed by atoms with Crippen LogP contribution in [0.25, 0.3) is 0 Å². The molecular weight excluding hydrogens is 222 g/mol. The van der Waals surface area contributed by atoms with Gasteiger partial charge in [-0.05, 0) is 52.7 Å². The Balaban J connectivity index is 2.39. The molecule has 1 saturated heterocycles.